The Bertz CT molecular complexity index is 1040. The molecule has 0 radical (unpaired) electrons. The van der Waals surface area contributed by atoms with E-state index in [9.17, 15) is 4.79 Å². The van der Waals surface area contributed by atoms with E-state index in [1.807, 2.05) is 35.7 Å². The van der Waals surface area contributed by atoms with Gasteiger partial charge in [0, 0.05) is 10.6 Å². The molecular weight excluding hydrogens is 395 g/mol. The van der Waals surface area contributed by atoms with Crippen molar-refractivity contribution in [1.82, 2.24) is 4.98 Å². The van der Waals surface area contributed by atoms with Crippen molar-refractivity contribution in [3.05, 3.63) is 68.8 Å². The summed E-state index contributed by atoms with van der Waals surface area (Å²) in [6.07, 6.45) is 0. The topological polar surface area (TPSA) is 42.0 Å². The van der Waals surface area contributed by atoms with Crippen LogP contribution < -0.4 is 5.32 Å². The molecule has 0 aliphatic carbocycles. The molecule has 25 heavy (non-hydrogen) atoms. The molecule has 0 saturated heterocycles. The molecule has 124 valence electrons. The molecule has 0 aliphatic rings. The lowest BCUT2D eigenvalue weighted by Gasteiger charge is -2.11. The Morgan fingerprint density at radius 3 is 2.68 bits per heavy atom. The van der Waals surface area contributed by atoms with Gasteiger partial charge in [0.05, 0.1) is 25.8 Å². The first kappa shape index (κ1) is 16.5. The molecule has 0 saturated carbocycles. The lowest BCUT2D eigenvalue weighted by molar-refractivity contribution is 0.103. The number of nitrogens with zero attached hydrogens (tertiary/aromatic N) is 1. The van der Waals surface area contributed by atoms with Crippen LogP contribution in [0.5, 0.6) is 0 Å². The van der Waals surface area contributed by atoms with Gasteiger partial charge >= 0.3 is 0 Å². The quantitative estimate of drug-likeness (QED) is 0.418. The van der Waals surface area contributed by atoms with E-state index >= 15 is 0 Å². The summed E-state index contributed by atoms with van der Waals surface area (Å²) < 4.78 is 1.06. The van der Waals surface area contributed by atoms with Crippen LogP contribution in [0, 0.1) is 0 Å². The summed E-state index contributed by atoms with van der Waals surface area (Å²) >= 11 is 15.5. The Hall–Kier alpha value is -1.92. The maximum Gasteiger partial charge on any atom is 0.265 e. The number of hydrogen-bond acceptors (Lipinski definition) is 4. The number of amides is 1. The number of halogens is 2. The Morgan fingerprint density at radius 2 is 1.92 bits per heavy atom. The van der Waals surface area contributed by atoms with Crippen LogP contribution in [-0.4, -0.2) is 10.9 Å². The Labute approximate surface area is 161 Å². The van der Waals surface area contributed by atoms with Crippen molar-refractivity contribution >= 4 is 67.7 Å². The Balaban J connectivity index is 1.82. The van der Waals surface area contributed by atoms with Gasteiger partial charge in [-0.3, -0.25) is 4.79 Å². The number of carbonyl (C=O) groups is 1. The number of para-hydroxylation sites is 1. The summed E-state index contributed by atoms with van der Waals surface area (Å²) in [5.74, 6) is -0.207. The number of anilines is 1. The van der Waals surface area contributed by atoms with Crippen LogP contribution in [0.15, 0.2) is 53.9 Å². The maximum absolute atomic E-state index is 12.5. The van der Waals surface area contributed by atoms with Gasteiger partial charge in [0.25, 0.3) is 5.91 Å². The number of hydrogen-bond donors (Lipinski definition) is 1. The standard InChI is InChI=1S/C18H10Cl2N2OS2/c19-10-8-11(18-21-13-4-1-2-5-14(13)25-18)16(12(20)9-10)22-17(23)15-6-3-7-24-15/h1-9H,(H,22,23). The maximum atomic E-state index is 12.5. The highest BCUT2D eigenvalue weighted by Gasteiger charge is 2.18. The molecule has 0 atom stereocenters. The van der Waals surface area contributed by atoms with Crippen LogP contribution in [-0.2, 0) is 0 Å². The molecule has 2 aromatic carbocycles. The molecular formula is C18H10Cl2N2OS2. The lowest BCUT2D eigenvalue weighted by atomic mass is 10.1. The third-order valence-corrected chi connectivity index (χ3v) is 6.02. The number of carbonyl (C=O) groups excluding carboxylic acids is 1. The molecule has 2 heterocycles. The molecule has 0 bridgehead atoms. The van der Waals surface area contributed by atoms with Gasteiger partial charge in [-0.1, -0.05) is 41.4 Å². The fraction of sp³-hybridized carbons (Fsp3) is 0. The molecule has 0 fully saturated rings. The summed E-state index contributed by atoms with van der Waals surface area (Å²) in [4.78, 5) is 17.7. The average Bonchev–Trinajstić information content (AvgIpc) is 3.25. The highest BCUT2D eigenvalue weighted by atomic mass is 35.5. The number of aromatic nitrogens is 1. The second kappa shape index (κ2) is 6.77. The van der Waals surface area contributed by atoms with Crippen LogP contribution in [0.4, 0.5) is 5.69 Å². The van der Waals surface area contributed by atoms with Gasteiger partial charge in [0.2, 0.25) is 0 Å². The predicted molar refractivity (Wildman–Crippen MR) is 107 cm³/mol. The first-order valence-corrected chi connectivity index (χ1v) is 9.77. The van der Waals surface area contributed by atoms with Crippen LogP contribution in [0.25, 0.3) is 20.8 Å². The zero-order chi connectivity index (χ0) is 17.4. The Morgan fingerprint density at radius 1 is 1.08 bits per heavy atom. The van der Waals surface area contributed by atoms with Crippen LogP contribution in [0.2, 0.25) is 10.0 Å². The molecule has 4 aromatic rings. The van der Waals surface area contributed by atoms with Crippen molar-refractivity contribution in [1.29, 1.82) is 0 Å². The summed E-state index contributed by atoms with van der Waals surface area (Å²) in [6, 6.07) is 14.8. The molecule has 0 unspecified atom stereocenters. The largest absolute Gasteiger partial charge is 0.319 e. The van der Waals surface area contributed by atoms with Crippen LogP contribution in [0.3, 0.4) is 0 Å². The highest BCUT2D eigenvalue weighted by Crippen LogP contribution is 2.40. The smallest absolute Gasteiger partial charge is 0.265 e. The van der Waals surface area contributed by atoms with Crippen molar-refractivity contribution in [3.63, 3.8) is 0 Å². The Kier molecular flexibility index (Phi) is 4.48. The van der Waals surface area contributed by atoms with E-state index in [1.165, 1.54) is 22.7 Å². The van der Waals surface area contributed by atoms with Gasteiger partial charge in [0.1, 0.15) is 5.01 Å². The summed E-state index contributed by atoms with van der Waals surface area (Å²) in [6.45, 7) is 0. The van der Waals surface area contributed by atoms with Gasteiger partial charge in [-0.25, -0.2) is 4.98 Å². The van der Waals surface area contributed by atoms with E-state index in [-0.39, 0.29) is 5.91 Å². The lowest BCUT2D eigenvalue weighted by Crippen LogP contribution is -2.11. The minimum atomic E-state index is -0.207. The molecule has 4 rings (SSSR count). The van der Waals surface area contributed by atoms with Gasteiger partial charge in [-0.05, 0) is 35.7 Å². The molecule has 1 N–H and O–H groups in total. The van der Waals surface area contributed by atoms with E-state index < -0.39 is 0 Å². The number of rotatable bonds is 3. The number of thiazole rings is 1. The second-order valence-electron chi connectivity index (χ2n) is 5.23. The monoisotopic (exact) mass is 404 g/mol. The normalized spacial score (nSPS) is 11.0. The van der Waals surface area contributed by atoms with Crippen LogP contribution in [0.1, 0.15) is 9.67 Å². The summed E-state index contributed by atoms with van der Waals surface area (Å²) in [5.41, 5.74) is 2.13. The van der Waals surface area contributed by atoms with Crippen molar-refractivity contribution in [2.24, 2.45) is 0 Å². The van der Waals surface area contributed by atoms with Crippen molar-refractivity contribution in [2.45, 2.75) is 0 Å². The molecule has 1 amide bonds. The fourth-order valence-corrected chi connectivity index (χ4v) is 4.59. The first-order valence-electron chi connectivity index (χ1n) is 7.31. The third kappa shape index (κ3) is 3.28. The zero-order valence-electron chi connectivity index (χ0n) is 12.6. The average molecular weight is 405 g/mol. The predicted octanol–water partition coefficient (Wildman–Crippen LogP) is 6.58. The summed E-state index contributed by atoms with van der Waals surface area (Å²) in [5, 5.41) is 6.38. The third-order valence-electron chi connectivity index (χ3n) is 3.56. The van der Waals surface area contributed by atoms with E-state index in [4.69, 9.17) is 23.2 Å². The van der Waals surface area contributed by atoms with Crippen molar-refractivity contribution in [3.8, 4) is 10.6 Å². The van der Waals surface area contributed by atoms with Crippen LogP contribution >= 0.6 is 45.9 Å². The number of thiophene rings is 1. The minimum absolute atomic E-state index is 0.207. The first-order chi connectivity index (χ1) is 12.1. The van der Waals surface area contributed by atoms with E-state index in [0.717, 1.165) is 15.2 Å². The van der Waals surface area contributed by atoms with Crippen molar-refractivity contribution < 1.29 is 4.79 Å². The molecule has 3 nitrogen and oxygen atoms in total. The van der Waals surface area contributed by atoms with Gasteiger partial charge in [0.15, 0.2) is 0 Å². The van der Waals surface area contributed by atoms with Crippen molar-refractivity contribution in [2.75, 3.05) is 5.32 Å². The van der Waals surface area contributed by atoms with E-state index in [0.29, 0.717) is 26.2 Å². The molecule has 0 aliphatic heterocycles. The number of nitrogens with one attached hydrogen (secondary N) is 1. The van der Waals surface area contributed by atoms with E-state index in [2.05, 4.69) is 10.3 Å². The second-order valence-corrected chi connectivity index (χ2v) is 8.05. The minimum Gasteiger partial charge on any atom is -0.319 e. The fourth-order valence-electron chi connectivity index (χ4n) is 2.44. The molecule has 2 aromatic heterocycles. The molecule has 7 heteroatoms. The highest BCUT2D eigenvalue weighted by molar-refractivity contribution is 7.21. The summed E-state index contributed by atoms with van der Waals surface area (Å²) in [7, 11) is 0. The van der Waals surface area contributed by atoms with E-state index in [1.54, 1.807) is 18.2 Å². The van der Waals surface area contributed by atoms with Gasteiger partial charge in [-0.15, -0.1) is 22.7 Å². The number of benzene rings is 2. The number of fused-ring (bicyclic) bond motifs is 1. The van der Waals surface area contributed by atoms with Gasteiger partial charge < -0.3 is 5.32 Å². The SMILES string of the molecule is O=C(Nc1c(Cl)cc(Cl)cc1-c1nc2ccccc2s1)c1cccs1. The zero-order valence-corrected chi connectivity index (χ0v) is 15.8. The molecule has 0 spiro atoms. The van der Waals surface area contributed by atoms with Gasteiger partial charge in [-0.2, -0.15) is 0 Å².